The first kappa shape index (κ1) is 15.8. The second kappa shape index (κ2) is 6.95. The van der Waals surface area contributed by atoms with Gasteiger partial charge in [0.2, 0.25) is 0 Å². The van der Waals surface area contributed by atoms with Crippen LogP contribution in [0.2, 0.25) is 0 Å². The number of nitrogens with zero attached hydrogens (tertiary/aromatic N) is 1. The number of amides is 1. The molecule has 0 heterocycles. The molecule has 0 spiro atoms. The molecule has 0 bridgehead atoms. The molecule has 1 amide bonds. The van der Waals surface area contributed by atoms with Gasteiger partial charge in [-0.05, 0) is 36.4 Å². The molecule has 0 aliphatic carbocycles. The molecule has 0 radical (unpaired) electrons. The molecular formula is C15H13BrN2O4. The van der Waals surface area contributed by atoms with E-state index >= 15 is 0 Å². The fraction of sp³-hybridized carbons (Fsp3) is 0.0667. The lowest BCUT2D eigenvalue weighted by atomic mass is 10.2. The highest BCUT2D eigenvalue weighted by Gasteiger charge is 2.08. The second-order valence-corrected chi connectivity index (χ2v) is 5.21. The normalized spacial score (nSPS) is 10.6. The van der Waals surface area contributed by atoms with Crippen molar-refractivity contribution in [2.24, 2.45) is 5.10 Å². The fourth-order valence-corrected chi connectivity index (χ4v) is 2.14. The van der Waals surface area contributed by atoms with Crippen molar-refractivity contribution in [3.63, 3.8) is 0 Å². The van der Waals surface area contributed by atoms with Crippen LogP contribution in [0.5, 0.6) is 17.2 Å². The zero-order valence-electron chi connectivity index (χ0n) is 11.6. The maximum Gasteiger partial charge on any atom is 0.271 e. The number of benzene rings is 2. The van der Waals surface area contributed by atoms with Crippen molar-refractivity contribution in [2.45, 2.75) is 0 Å². The maximum atomic E-state index is 11.8. The number of hydrogen-bond acceptors (Lipinski definition) is 5. The topological polar surface area (TPSA) is 91.2 Å². The largest absolute Gasteiger partial charge is 0.508 e. The van der Waals surface area contributed by atoms with E-state index in [0.29, 0.717) is 21.3 Å². The summed E-state index contributed by atoms with van der Waals surface area (Å²) in [6.45, 7) is 0. The quantitative estimate of drug-likeness (QED) is 0.574. The molecule has 2 aromatic rings. The smallest absolute Gasteiger partial charge is 0.271 e. The lowest BCUT2D eigenvalue weighted by Crippen LogP contribution is -2.17. The van der Waals surface area contributed by atoms with Crippen LogP contribution in [-0.4, -0.2) is 29.4 Å². The molecule has 0 aromatic heterocycles. The number of methoxy groups -OCH3 is 1. The Morgan fingerprint density at radius 3 is 2.59 bits per heavy atom. The number of hydrogen-bond donors (Lipinski definition) is 3. The molecule has 0 saturated heterocycles. The Kier molecular flexibility index (Phi) is 5.00. The van der Waals surface area contributed by atoms with E-state index in [9.17, 15) is 9.90 Å². The first-order valence-corrected chi connectivity index (χ1v) is 6.99. The van der Waals surface area contributed by atoms with Gasteiger partial charge in [0, 0.05) is 15.6 Å². The molecule has 2 rings (SSSR count). The van der Waals surface area contributed by atoms with Gasteiger partial charge in [-0.1, -0.05) is 15.9 Å². The van der Waals surface area contributed by atoms with Gasteiger partial charge >= 0.3 is 0 Å². The minimum atomic E-state index is -0.433. The summed E-state index contributed by atoms with van der Waals surface area (Å²) >= 11 is 3.29. The highest BCUT2D eigenvalue weighted by molar-refractivity contribution is 9.10. The lowest BCUT2D eigenvalue weighted by molar-refractivity contribution is 0.0955. The van der Waals surface area contributed by atoms with Gasteiger partial charge in [-0.15, -0.1) is 0 Å². The lowest BCUT2D eigenvalue weighted by Gasteiger charge is -2.06. The SMILES string of the molecule is COc1cc(Br)cc(/C=N/NC(=O)c2ccc(O)cc2)c1O. The maximum absolute atomic E-state index is 11.8. The average Bonchev–Trinajstić information content (AvgIpc) is 2.50. The molecule has 0 saturated carbocycles. The number of carbonyl (C=O) groups excluding carboxylic acids is 1. The van der Waals surface area contributed by atoms with E-state index < -0.39 is 5.91 Å². The summed E-state index contributed by atoms with van der Waals surface area (Å²) in [4.78, 5) is 11.8. The Balaban J connectivity index is 2.11. The summed E-state index contributed by atoms with van der Waals surface area (Å²) in [6.07, 6.45) is 1.31. The number of phenolic OH excluding ortho intramolecular Hbond substituents is 2. The molecular weight excluding hydrogens is 352 g/mol. The van der Waals surface area contributed by atoms with Crippen LogP contribution in [0.4, 0.5) is 0 Å². The molecule has 0 aliphatic rings. The van der Waals surface area contributed by atoms with Crippen LogP contribution >= 0.6 is 15.9 Å². The van der Waals surface area contributed by atoms with Crippen LogP contribution in [0.25, 0.3) is 0 Å². The number of aromatic hydroxyl groups is 2. The summed E-state index contributed by atoms with van der Waals surface area (Å²) in [5, 5.41) is 22.9. The van der Waals surface area contributed by atoms with Gasteiger partial charge in [0.1, 0.15) is 5.75 Å². The van der Waals surface area contributed by atoms with E-state index in [0.717, 1.165) is 0 Å². The first-order valence-electron chi connectivity index (χ1n) is 6.20. The summed E-state index contributed by atoms with van der Waals surface area (Å²) in [6, 6.07) is 9.00. The molecule has 0 atom stereocenters. The first-order chi connectivity index (χ1) is 10.5. The predicted octanol–water partition coefficient (Wildman–Crippen LogP) is 2.63. The summed E-state index contributed by atoms with van der Waals surface area (Å²) < 4.78 is 5.72. The number of ether oxygens (including phenoxy) is 1. The zero-order chi connectivity index (χ0) is 16.1. The van der Waals surface area contributed by atoms with Crippen LogP contribution in [0.1, 0.15) is 15.9 Å². The monoisotopic (exact) mass is 364 g/mol. The van der Waals surface area contributed by atoms with E-state index in [1.165, 1.54) is 37.6 Å². The van der Waals surface area contributed by atoms with Crippen LogP contribution < -0.4 is 10.2 Å². The van der Waals surface area contributed by atoms with Crippen molar-refractivity contribution in [2.75, 3.05) is 7.11 Å². The van der Waals surface area contributed by atoms with Crippen LogP contribution in [0.3, 0.4) is 0 Å². The molecule has 3 N–H and O–H groups in total. The van der Waals surface area contributed by atoms with Gasteiger partial charge < -0.3 is 14.9 Å². The van der Waals surface area contributed by atoms with E-state index in [2.05, 4.69) is 26.5 Å². The van der Waals surface area contributed by atoms with Crippen molar-refractivity contribution in [3.05, 3.63) is 52.0 Å². The molecule has 2 aromatic carbocycles. The zero-order valence-corrected chi connectivity index (χ0v) is 13.2. The van der Waals surface area contributed by atoms with Gasteiger partial charge in [-0.2, -0.15) is 5.10 Å². The molecule has 114 valence electrons. The highest BCUT2D eigenvalue weighted by atomic mass is 79.9. The van der Waals surface area contributed by atoms with Crippen molar-refractivity contribution >= 4 is 28.1 Å². The molecule has 22 heavy (non-hydrogen) atoms. The van der Waals surface area contributed by atoms with Crippen molar-refractivity contribution in [1.29, 1.82) is 0 Å². The van der Waals surface area contributed by atoms with Gasteiger partial charge in [-0.3, -0.25) is 4.79 Å². The Hall–Kier alpha value is -2.54. The third kappa shape index (κ3) is 3.76. The third-order valence-corrected chi connectivity index (χ3v) is 3.25. The van der Waals surface area contributed by atoms with Gasteiger partial charge in [0.05, 0.1) is 13.3 Å². The van der Waals surface area contributed by atoms with Crippen molar-refractivity contribution in [1.82, 2.24) is 5.43 Å². The number of rotatable bonds is 4. The molecule has 6 nitrogen and oxygen atoms in total. The van der Waals surface area contributed by atoms with Crippen LogP contribution in [-0.2, 0) is 0 Å². The minimum Gasteiger partial charge on any atom is -0.508 e. The van der Waals surface area contributed by atoms with Crippen LogP contribution in [0.15, 0.2) is 46.0 Å². The Morgan fingerprint density at radius 2 is 1.95 bits per heavy atom. The fourth-order valence-electron chi connectivity index (χ4n) is 1.69. The standard InChI is InChI=1S/C15H13BrN2O4/c1-22-13-7-11(16)6-10(14(13)20)8-17-18-15(21)9-2-4-12(19)5-3-9/h2-8,19-20H,1H3,(H,18,21)/b17-8+. The van der Waals surface area contributed by atoms with E-state index in [-0.39, 0.29) is 11.5 Å². The van der Waals surface area contributed by atoms with Crippen molar-refractivity contribution < 1.29 is 19.7 Å². The number of carbonyl (C=O) groups is 1. The van der Waals surface area contributed by atoms with Gasteiger partial charge in [0.25, 0.3) is 5.91 Å². The number of phenols is 2. The molecule has 0 unspecified atom stereocenters. The number of halogens is 1. The highest BCUT2D eigenvalue weighted by Crippen LogP contribution is 2.32. The summed E-state index contributed by atoms with van der Waals surface area (Å²) in [5.41, 5.74) is 3.07. The van der Waals surface area contributed by atoms with Gasteiger partial charge in [0.15, 0.2) is 11.5 Å². The predicted molar refractivity (Wildman–Crippen MR) is 85.5 cm³/mol. The van der Waals surface area contributed by atoms with E-state index in [4.69, 9.17) is 9.84 Å². The summed E-state index contributed by atoms with van der Waals surface area (Å²) in [7, 11) is 1.44. The molecule has 7 heteroatoms. The number of nitrogens with one attached hydrogen (secondary N) is 1. The number of hydrazone groups is 1. The Bertz CT molecular complexity index is 714. The van der Waals surface area contributed by atoms with E-state index in [1.807, 2.05) is 0 Å². The summed E-state index contributed by atoms with van der Waals surface area (Å²) in [5.74, 6) is -0.141. The Labute approximate surface area is 135 Å². The van der Waals surface area contributed by atoms with E-state index in [1.54, 1.807) is 12.1 Å². The van der Waals surface area contributed by atoms with Crippen molar-refractivity contribution in [3.8, 4) is 17.2 Å². The third-order valence-electron chi connectivity index (χ3n) is 2.79. The van der Waals surface area contributed by atoms with Gasteiger partial charge in [-0.25, -0.2) is 5.43 Å². The Morgan fingerprint density at radius 1 is 1.27 bits per heavy atom. The molecule has 0 fully saturated rings. The second-order valence-electron chi connectivity index (χ2n) is 4.29. The minimum absolute atomic E-state index is 0.0752. The molecule has 0 aliphatic heterocycles. The van der Waals surface area contributed by atoms with Crippen LogP contribution in [0, 0.1) is 0 Å². The average molecular weight is 365 g/mol.